The van der Waals surface area contributed by atoms with Crippen molar-refractivity contribution in [2.75, 3.05) is 32.7 Å². The molecular weight excluding hydrogens is 412 g/mol. The normalized spacial score (nSPS) is 15.7. The number of amides is 1. The minimum Gasteiger partial charge on any atom is -0.300 e. The van der Waals surface area contributed by atoms with E-state index in [9.17, 15) is 4.79 Å². The molecule has 0 atom stereocenters. The zero-order valence-electron chi connectivity index (χ0n) is 19.4. The summed E-state index contributed by atoms with van der Waals surface area (Å²) in [5.74, 6) is -0.0644. The Labute approximate surface area is 195 Å². The summed E-state index contributed by atoms with van der Waals surface area (Å²) in [4.78, 5) is 17.2. The third-order valence-electron chi connectivity index (χ3n) is 6.20. The van der Waals surface area contributed by atoms with Gasteiger partial charge in [0.1, 0.15) is 0 Å². The second-order valence-electron chi connectivity index (χ2n) is 8.42. The lowest BCUT2D eigenvalue weighted by Gasteiger charge is -2.39. The van der Waals surface area contributed by atoms with Gasteiger partial charge >= 0.3 is 0 Å². The first kappa shape index (κ1) is 22.9. The molecule has 0 spiro atoms. The molecule has 1 amide bonds. The van der Waals surface area contributed by atoms with Gasteiger partial charge in [-0.1, -0.05) is 60.7 Å². The molecule has 1 N–H and O–H groups in total. The van der Waals surface area contributed by atoms with Crippen LogP contribution >= 0.6 is 0 Å². The van der Waals surface area contributed by atoms with Crippen molar-refractivity contribution in [2.24, 2.45) is 12.1 Å². The van der Waals surface area contributed by atoms with Gasteiger partial charge in [-0.2, -0.15) is 10.2 Å². The summed E-state index contributed by atoms with van der Waals surface area (Å²) in [5, 5.41) is 8.35. The quantitative estimate of drug-likeness (QED) is 0.428. The van der Waals surface area contributed by atoms with Gasteiger partial charge in [0.25, 0.3) is 0 Å². The van der Waals surface area contributed by atoms with E-state index in [4.69, 9.17) is 0 Å². The maximum absolute atomic E-state index is 12.3. The van der Waals surface area contributed by atoms with Crippen molar-refractivity contribution >= 4 is 11.6 Å². The number of hydrazone groups is 1. The van der Waals surface area contributed by atoms with E-state index in [1.165, 1.54) is 11.1 Å². The van der Waals surface area contributed by atoms with Crippen molar-refractivity contribution in [1.82, 2.24) is 25.0 Å². The molecule has 1 fully saturated rings. The molecule has 0 unspecified atom stereocenters. The van der Waals surface area contributed by atoms with Gasteiger partial charge in [-0.05, 0) is 24.1 Å². The number of nitrogens with one attached hydrogen (secondary N) is 1. The number of carbonyl (C=O) groups excluding carboxylic acids is 1. The molecule has 0 aliphatic carbocycles. The Morgan fingerprint density at radius 3 is 2.12 bits per heavy atom. The van der Waals surface area contributed by atoms with E-state index in [0.717, 1.165) is 44.1 Å². The summed E-state index contributed by atoms with van der Waals surface area (Å²) in [7, 11) is 1.86. The second kappa shape index (κ2) is 11.0. The molecule has 2 aromatic carbocycles. The fraction of sp³-hybridized carbons (Fsp3) is 0.346. The van der Waals surface area contributed by atoms with Crippen molar-refractivity contribution in [3.8, 4) is 0 Å². The van der Waals surface area contributed by atoms with Gasteiger partial charge in [-0.25, -0.2) is 5.43 Å². The molecular formula is C26H32N6O. The van der Waals surface area contributed by atoms with E-state index in [0.29, 0.717) is 6.42 Å². The number of hydrogen-bond donors (Lipinski definition) is 1. The Morgan fingerprint density at radius 1 is 0.970 bits per heavy atom. The van der Waals surface area contributed by atoms with E-state index in [1.807, 2.05) is 20.0 Å². The highest BCUT2D eigenvalue weighted by Crippen LogP contribution is 2.29. The van der Waals surface area contributed by atoms with Crippen LogP contribution in [0.15, 0.2) is 78.0 Å². The lowest BCUT2D eigenvalue weighted by molar-refractivity contribution is -0.121. The summed E-state index contributed by atoms with van der Waals surface area (Å²) in [5.41, 5.74) is 6.94. The summed E-state index contributed by atoms with van der Waals surface area (Å²) < 4.78 is 1.74. The van der Waals surface area contributed by atoms with Gasteiger partial charge in [-0.15, -0.1) is 0 Å². The lowest BCUT2D eigenvalue weighted by atomic mass is 9.96. The van der Waals surface area contributed by atoms with Gasteiger partial charge in [0.2, 0.25) is 5.91 Å². The number of benzene rings is 2. The smallest absolute Gasteiger partial charge is 0.241 e. The van der Waals surface area contributed by atoms with Crippen LogP contribution in [0, 0.1) is 0 Å². The van der Waals surface area contributed by atoms with Crippen LogP contribution in [0.3, 0.4) is 0 Å². The molecule has 7 nitrogen and oxygen atoms in total. The fourth-order valence-electron chi connectivity index (χ4n) is 4.38. The van der Waals surface area contributed by atoms with Crippen molar-refractivity contribution in [3.63, 3.8) is 0 Å². The molecule has 172 valence electrons. The van der Waals surface area contributed by atoms with Crippen molar-refractivity contribution in [1.29, 1.82) is 0 Å². The monoisotopic (exact) mass is 444 g/mol. The number of rotatable bonds is 8. The van der Waals surface area contributed by atoms with Crippen molar-refractivity contribution in [2.45, 2.75) is 19.4 Å². The standard InChI is InChI=1S/C26H32N6O/c1-21(24-13-15-27-30(24)2)28-29-25(33)14-16-31-17-19-32(20-18-31)26(22-9-5-3-6-10-22)23-11-7-4-8-12-23/h3-13,15,26H,14,16-20H2,1-2H3,(H,29,33)/b28-21+. The molecule has 0 radical (unpaired) electrons. The van der Waals surface area contributed by atoms with Gasteiger partial charge in [-0.3, -0.25) is 14.4 Å². The minimum atomic E-state index is -0.0644. The summed E-state index contributed by atoms with van der Waals surface area (Å²) in [6.45, 7) is 6.43. The minimum absolute atomic E-state index is 0.0644. The maximum atomic E-state index is 12.3. The molecule has 1 aliphatic heterocycles. The van der Waals surface area contributed by atoms with E-state index < -0.39 is 0 Å². The van der Waals surface area contributed by atoms with Crippen LogP contribution in [-0.4, -0.2) is 63.9 Å². The zero-order chi connectivity index (χ0) is 23.0. The van der Waals surface area contributed by atoms with Crippen LogP contribution in [-0.2, 0) is 11.8 Å². The SMILES string of the molecule is C/C(=N\NC(=O)CCN1CCN(C(c2ccccc2)c2ccccc2)CC1)c1ccnn1C. The highest BCUT2D eigenvalue weighted by Gasteiger charge is 2.26. The van der Waals surface area contributed by atoms with Crippen molar-refractivity contribution in [3.05, 3.63) is 89.7 Å². The van der Waals surface area contributed by atoms with Crippen LogP contribution in [0.1, 0.15) is 36.2 Å². The molecule has 2 heterocycles. The van der Waals surface area contributed by atoms with Gasteiger partial charge in [0.05, 0.1) is 17.4 Å². The van der Waals surface area contributed by atoms with E-state index in [-0.39, 0.29) is 11.9 Å². The van der Waals surface area contributed by atoms with Crippen LogP contribution in [0.4, 0.5) is 0 Å². The molecule has 33 heavy (non-hydrogen) atoms. The largest absolute Gasteiger partial charge is 0.300 e. The summed E-state index contributed by atoms with van der Waals surface area (Å²) in [6, 6.07) is 23.5. The van der Waals surface area contributed by atoms with E-state index in [2.05, 4.69) is 86.1 Å². The first-order valence-electron chi connectivity index (χ1n) is 11.5. The first-order valence-corrected chi connectivity index (χ1v) is 11.5. The Hall–Kier alpha value is -3.29. The summed E-state index contributed by atoms with van der Waals surface area (Å²) >= 11 is 0. The van der Waals surface area contributed by atoms with Crippen LogP contribution in [0.2, 0.25) is 0 Å². The highest BCUT2D eigenvalue weighted by atomic mass is 16.2. The molecule has 3 aromatic rings. The molecule has 0 bridgehead atoms. The maximum Gasteiger partial charge on any atom is 0.241 e. The zero-order valence-corrected chi connectivity index (χ0v) is 19.4. The average Bonchev–Trinajstić information content (AvgIpc) is 3.29. The van der Waals surface area contributed by atoms with Gasteiger partial charge < -0.3 is 4.90 Å². The van der Waals surface area contributed by atoms with Crippen LogP contribution < -0.4 is 5.43 Å². The number of nitrogens with zero attached hydrogens (tertiary/aromatic N) is 5. The summed E-state index contributed by atoms with van der Waals surface area (Å²) in [6.07, 6.45) is 2.15. The predicted molar refractivity (Wildman–Crippen MR) is 131 cm³/mol. The highest BCUT2D eigenvalue weighted by molar-refractivity contribution is 5.97. The fourth-order valence-corrected chi connectivity index (χ4v) is 4.38. The van der Waals surface area contributed by atoms with E-state index in [1.54, 1.807) is 10.9 Å². The first-order chi connectivity index (χ1) is 16.1. The predicted octanol–water partition coefficient (Wildman–Crippen LogP) is 3.06. The van der Waals surface area contributed by atoms with Gasteiger partial charge in [0, 0.05) is 52.4 Å². The second-order valence-corrected chi connectivity index (χ2v) is 8.42. The molecule has 1 aliphatic rings. The van der Waals surface area contributed by atoms with Crippen LogP contribution in [0.25, 0.3) is 0 Å². The van der Waals surface area contributed by atoms with Crippen molar-refractivity contribution < 1.29 is 4.79 Å². The lowest BCUT2D eigenvalue weighted by Crippen LogP contribution is -2.48. The Morgan fingerprint density at radius 2 is 1.58 bits per heavy atom. The number of hydrogen-bond acceptors (Lipinski definition) is 5. The Kier molecular flexibility index (Phi) is 7.65. The third kappa shape index (κ3) is 5.94. The Bertz CT molecular complexity index is 1020. The molecule has 4 rings (SSSR count). The Balaban J connectivity index is 1.29. The van der Waals surface area contributed by atoms with E-state index >= 15 is 0 Å². The molecule has 1 saturated heterocycles. The number of aryl methyl sites for hydroxylation is 1. The third-order valence-corrected chi connectivity index (χ3v) is 6.20. The molecule has 0 saturated carbocycles. The molecule has 7 heteroatoms. The van der Waals surface area contributed by atoms with Gasteiger partial charge in [0.15, 0.2) is 0 Å². The average molecular weight is 445 g/mol. The molecule has 1 aromatic heterocycles. The number of aromatic nitrogens is 2. The number of piperazine rings is 1. The van der Waals surface area contributed by atoms with Crippen LogP contribution in [0.5, 0.6) is 0 Å². The topological polar surface area (TPSA) is 65.8 Å². The number of carbonyl (C=O) groups is 1.